The van der Waals surface area contributed by atoms with Gasteiger partial charge in [-0.15, -0.1) is 0 Å². The van der Waals surface area contributed by atoms with Crippen molar-refractivity contribution in [2.24, 2.45) is 11.7 Å². The fourth-order valence-corrected chi connectivity index (χ4v) is 6.45. The second-order valence-corrected chi connectivity index (χ2v) is 10.5. The standard InChI is InChI=1S/C25H32F3N3OS/c1-24-17-19(25(26,27)28)8-9-22(24)33-21-7-3-2-6-20(21)31(24)14-4-5-18-11-15-30(16-12-18)23(32)10-13-29/h2-3,6-9,18H,4-5,10-17,29H2,1H3. The van der Waals surface area contributed by atoms with E-state index in [1.165, 1.54) is 6.08 Å². The van der Waals surface area contributed by atoms with Crippen LogP contribution >= 0.6 is 11.8 Å². The molecule has 1 aromatic carbocycles. The molecule has 1 amide bonds. The predicted molar refractivity (Wildman–Crippen MR) is 127 cm³/mol. The maximum atomic E-state index is 13.6. The molecule has 3 aliphatic rings. The minimum atomic E-state index is -4.31. The van der Waals surface area contributed by atoms with Crippen molar-refractivity contribution in [3.63, 3.8) is 0 Å². The molecule has 4 nitrogen and oxygen atoms in total. The average Bonchev–Trinajstić information content (AvgIpc) is 2.78. The number of para-hydroxylation sites is 1. The predicted octanol–water partition coefficient (Wildman–Crippen LogP) is 5.50. The Hall–Kier alpha value is -1.93. The average molecular weight is 480 g/mol. The van der Waals surface area contributed by atoms with Crippen molar-refractivity contribution in [3.8, 4) is 0 Å². The number of nitrogens with zero attached hydrogens (tertiary/aromatic N) is 2. The Labute approximate surface area is 198 Å². The molecule has 0 bridgehead atoms. The molecule has 2 heterocycles. The molecule has 2 N–H and O–H groups in total. The Bertz CT molecular complexity index is 937. The van der Waals surface area contributed by atoms with Crippen LogP contribution in [0.5, 0.6) is 0 Å². The van der Waals surface area contributed by atoms with E-state index in [1.807, 2.05) is 36.1 Å². The van der Waals surface area contributed by atoms with Gasteiger partial charge in [0.05, 0.1) is 11.2 Å². The normalized spacial score (nSPS) is 23.5. The van der Waals surface area contributed by atoms with Crippen molar-refractivity contribution in [2.75, 3.05) is 31.1 Å². The molecule has 0 spiro atoms. The van der Waals surface area contributed by atoms with E-state index in [9.17, 15) is 18.0 Å². The van der Waals surface area contributed by atoms with E-state index in [4.69, 9.17) is 5.73 Å². The van der Waals surface area contributed by atoms with Gasteiger partial charge in [0.15, 0.2) is 0 Å². The van der Waals surface area contributed by atoms with E-state index >= 15 is 0 Å². The number of anilines is 1. The zero-order valence-electron chi connectivity index (χ0n) is 19.0. The molecule has 1 saturated heterocycles. The third kappa shape index (κ3) is 5.11. The lowest BCUT2D eigenvalue weighted by Crippen LogP contribution is -2.52. The summed E-state index contributed by atoms with van der Waals surface area (Å²) in [5, 5.41) is 0. The molecule has 8 heteroatoms. The number of benzene rings is 1. The van der Waals surface area contributed by atoms with E-state index in [-0.39, 0.29) is 12.3 Å². The van der Waals surface area contributed by atoms with Crippen LogP contribution in [0.25, 0.3) is 0 Å². The molecule has 180 valence electrons. The molecule has 1 fully saturated rings. The number of nitrogens with two attached hydrogens (primary N) is 1. The molecule has 0 aromatic heterocycles. The highest BCUT2D eigenvalue weighted by molar-refractivity contribution is 8.03. The quantitative estimate of drug-likeness (QED) is 0.585. The fraction of sp³-hybridized carbons (Fsp3) is 0.560. The number of likely N-dealkylation sites (tertiary alicyclic amines) is 1. The Morgan fingerprint density at radius 2 is 1.94 bits per heavy atom. The highest BCUT2D eigenvalue weighted by atomic mass is 32.2. The summed E-state index contributed by atoms with van der Waals surface area (Å²) in [6.07, 6.45) is 2.84. The van der Waals surface area contributed by atoms with Gasteiger partial charge >= 0.3 is 6.18 Å². The largest absolute Gasteiger partial charge is 0.412 e. The first-order valence-corrected chi connectivity index (χ1v) is 12.5. The van der Waals surface area contributed by atoms with Crippen LogP contribution in [0.3, 0.4) is 0 Å². The lowest BCUT2D eigenvalue weighted by Gasteiger charge is -2.50. The fourth-order valence-electron chi connectivity index (χ4n) is 5.25. The van der Waals surface area contributed by atoms with E-state index < -0.39 is 17.3 Å². The lowest BCUT2D eigenvalue weighted by molar-refractivity contribution is -0.132. The topological polar surface area (TPSA) is 49.6 Å². The Kier molecular flexibility index (Phi) is 7.15. The molecule has 0 radical (unpaired) electrons. The zero-order valence-corrected chi connectivity index (χ0v) is 19.9. The minimum Gasteiger partial charge on any atom is -0.360 e. The summed E-state index contributed by atoms with van der Waals surface area (Å²) in [6.45, 7) is 4.59. The number of piperidine rings is 1. The van der Waals surface area contributed by atoms with Gasteiger partial charge in [0.2, 0.25) is 5.91 Å². The molecule has 33 heavy (non-hydrogen) atoms. The van der Waals surface area contributed by atoms with Gasteiger partial charge in [0.1, 0.15) is 0 Å². The molecule has 4 rings (SSSR count). The number of thioether (sulfide) groups is 1. The summed E-state index contributed by atoms with van der Waals surface area (Å²) in [4.78, 5) is 18.2. The maximum absolute atomic E-state index is 13.6. The molecule has 1 aromatic rings. The van der Waals surface area contributed by atoms with Crippen molar-refractivity contribution < 1.29 is 18.0 Å². The number of fused-ring (bicyclic) bond motifs is 2. The van der Waals surface area contributed by atoms with Gasteiger partial charge in [0, 0.05) is 54.4 Å². The third-order valence-electron chi connectivity index (χ3n) is 7.16. The smallest absolute Gasteiger partial charge is 0.360 e. The zero-order chi connectivity index (χ0) is 23.6. The number of amides is 1. The number of rotatable bonds is 6. The highest BCUT2D eigenvalue weighted by Gasteiger charge is 2.47. The van der Waals surface area contributed by atoms with Crippen LogP contribution in [0.4, 0.5) is 18.9 Å². The van der Waals surface area contributed by atoms with E-state index in [0.717, 1.165) is 54.3 Å². The van der Waals surface area contributed by atoms with Crippen molar-refractivity contribution >= 4 is 23.4 Å². The number of allylic oxidation sites excluding steroid dienone is 2. The lowest BCUT2D eigenvalue weighted by atomic mass is 9.84. The van der Waals surface area contributed by atoms with Gasteiger partial charge in [-0.2, -0.15) is 13.2 Å². The SMILES string of the molecule is CC12CC(C(F)(F)F)=CC=C1Sc1ccccc1N2CCCC1CCN(C(=O)CCN)CC1. The number of hydrogen-bond donors (Lipinski definition) is 1. The van der Waals surface area contributed by atoms with Crippen molar-refractivity contribution in [1.29, 1.82) is 0 Å². The van der Waals surface area contributed by atoms with Gasteiger partial charge in [0.25, 0.3) is 0 Å². The molecule has 1 aliphatic carbocycles. The van der Waals surface area contributed by atoms with E-state index in [2.05, 4.69) is 4.90 Å². The van der Waals surface area contributed by atoms with Crippen LogP contribution in [0, 0.1) is 5.92 Å². The summed E-state index contributed by atoms with van der Waals surface area (Å²) in [7, 11) is 0. The number of halogens is 3. The Balaban J connectivity index is 1.44. The first kappa shape index (κ1) is 24.2. The second kappa shape index (κ2) is 9.74. The first-order valence-electron chi connectivity index (χ1n) is 11.7. The summed E-state index contributed by atoms with van der Waals surface area (Å²) in [5.41, 5.74) is 5.36. The summed E-state index contributed by atoms with van der Waals surface area (Å²) >= 11 is 1.59. The third-order valence-corrected chi connectivity index (χ3v) is 8.52. The van der Waals surface area contributed by atoms with Gasteiger partial charge < -0.3 is 15.5 Å². The van der Waals surface area contributed by atoms with Crippen molar-refractivity contribution in [3.05, 3.63) is 46.9 Å². The molecule has 1 unspecified atom stereocenters. The summed E-state index contributed by atoms with van der Waals surface area (Å²) in [6, 6.07) is 8.01. The van der Waals surface area contributed by atoms with Gasteiger partial charge in [-0.25, -0.2) is 0 Å². The molecule has 1 atom stereocenters. The number of carbonyl (C=O) groups excluding carboxylic acids is 1. The Morgan fingerprint density at radius 3 is 2.64 bits per heavy atom. The molecule has 0 saturated carbocycles. The molecular weight excluding hydrogens is 447 g/mol. The van der Waals surface area contributed by atoms with E-state index in [1.54, 1.807) is 17.8 Å². The maximum Gasteiger partial charge on any atom is 0.412 e. The first-order chi connectivity index (χ1) is 15.7. The van der Waals surface area contributed by atoms with Crippen LogP contribution in [-0.2, 0) is 4.79 Å². The van der Waals surface area contributed by atoms with Crippen LogP contribution in [0.15, 0.2) is 51.8 Å². The second-order valence-electron chi connectivity index (χ2n) is 9.40. The van der Waals surface area contributed by atoms with Gasteiger partial charge in [-0.1, -0.05) is 30.0 Å². The van der Waals surface area contributed by atoms with Gasteiger partial charge in [-0.05, 0) is 56.7 Å². The van der Waals surface area contributed by atoms with Crippen LogP contribution in [0.1, 0.15) is 45.4 Å². The van der Waals surface area contributed by atoms with Gasteiger partial charge in [-0.3, -0.25) is 4.79 Å². The molecule has 2 aliphatic heterocycles. The monoisotopic (exact) mass is 479 g/mol. The molecular formula is C25H32F3N3OS. The number of hydrogen-bond acceptors (Lipinski definition) is 4. The van der Waals surface area contributed by atoms with E-state index in [0.29, 0.717) is 25.4 Å². The Morgan fingerprint density at radius 1 is 1.21 bits per heavy atom. The van der Waals surface area contributed by atoms with Crippen molar-refractivity contribution in [2.45, 2.75) is 62.1 Å². The van der Waals surface area contributed by atoms with Crippen molar-refractivity contribution in [1.82, 2.24) is 4.90 Å². The summed E-state index contributed by atoms with van der Waals surface area (Å²) < 4.78 is 40.7. The highest BCUT2D eigenvalue weighted by Crippen LogP contribution is 2.54. The minimum absolute atomic E-state index is 0.0364. The summed E-state index contributed by atoms with van der Waals surface area (Å²) in [5.74, 6) is 0.678. The number of alkyl halides is 3. The van der Waals surface area contributed by atoms with Crippen LogP contribution < -0.4 is 10.6 Å². The van der Waals surface area contributed by atoms with Crippen LogP contribution in [-0.4, -0.2) is 48.7 Å². The van der Waals surface area contributed by atoms with Crippen LogP contribution in [0.2, 0.25) is 0 Å². The number of carbonyl (C=O) groups is 1.